The maximum absolute atomic E-state index is 2.66. The van der Waals surface area contributed by atoms with Crippen LogP contribution in [0.1, 0.15) is 67.8 Å². The summed E-state index contributed by atoms with van der Waals surface area (Å²) in [5.41, 5.74) is 18.6. The summed E-state index contributed by atoms with van der Waals surface area (Å²) in [4.78, 5) is 4.01. The lowest BCUT2D eigenvalue weighted by Gasteiger charge is -2.40. The van der Waals surface area contributed by atoms with Crippen LogP contribution in [0.4, 0.5) is 11.4 Å². The Morgan fingerprint density at radius 3 is 1.48 bits per heavy atom. The summed E-state index contributed by atoms with van der Waals surface area (Å²) in [5, 5.41) is 1.38. The molecule has 0 fully saturated rings. The monoisotopic (exact) mass is 847 g/mol. The van der Waals surface area contributed by atoms with Crippen LogP contribution in [0.5, 0.6) is 0 Å². The van der Waals surface area contributed by atoms with Crippen LogP contribution in [0.3, 0.4) is 0 Å². The molecule has 0 bridgehead atoms. The molecule has 3 aliphatic rings. The molecule has 2 atom stereocenters. The predicted molar refractivity (Wildman–Crippen MR) is 273 cm³/mol. The van der Waals surface area contributed by atoms with Crippen LogP contribution in [-0.2, 0) is 10.8 Å². The van der Waals surface area contributed by atoms with Crippen molar-refractivity contribution in [2.75, 3.05) is 4.90 Å². The van der Waals surface area contributed by atoms with Gasteiger partial charge in [0.2, 0.25) is 0 Å². The van der Waals surface area contributed by atoms with Crippen molar-refractivity contribution in [2.45, 2.75) is 29.7 Å². The zero-order valence-electron chi connectivity index (χ0n) is 36.1. The Morgan fingerprint density at radius 2 is 0.877 bits per heavy atom. The van der Waals surface area contributed by atoms with Crippen LogP contribution >= 0.6 is 11.3 Å². The number of anilines is 2. The SMILES string of the molecule is CC1c2c(sc3cccc(C4(c5ccccc5)c5ccccc5-c5ccccc54)c23)C=CC1N(c1ccccc1)c1cccc2c1-c1ccccc1C2(c1ccccc1)c1ccccc1. The first-order valence-electron chi connectivity index (χ1n) is 22.9. The van der Waals surface area contributed by atoms with E-state index in [9.17, 15) is 0 Å². The van der Waals surface area contributed by atoms with Crippen molar-refractivity contribution in [3.8, 4) is 22.3 Å². The number of thiophene rings is 1. The molecule has 65 heavy (non-hydrogen) atoms. The summed E-state index contributed by atoms with van der Waals surface area (Å²) in [6, 6.07) is 86.2. The van der Waals surface area contributed by atoms with E-state index in [1.165, 1.54) is 98.7 Å². The minimum Gasteiger partial charge on any atom is -0.333 e. The number of hydrogen-bond donors (Lipinski definition) is 0. The van der Waals surface area contributed by atoms with Crippen LogP contribution in [0.15, 0.2) is 237 Å². The van der Waals surface area contributed by atoms with Gasteiger partial charge in [-0.15, -0.1) is 11.3 Å². The van der Waals surface area contributed by atoms with Gasteiger partial charge in [0.05, 0.1) is 16.9 Å². The summed E-state index contributed by atoms with van der Waals surface area (Å²) < 4.78 is 1.33. The predicted octanol–water partition coefficient (Wildman–Crippen LogP) is 16.0. The van der Waals surface area contributed by atoms with E-state index < -0.39 is 10.8 Å². The molecular formula is C63H45NS. The van der Waals surface area contributed by atoms with E-state index in [0.29, 0.717) is 0 Å². The third-order valence-electron chi connectivity index (χ3n) is 14.8. The van der Waals surface area contributed by atoms with Gasteiger partial charge in [0, 0.05) is 37.8 Å². The Kier molecular flexibility index (Phi) is 8.63. The van der Waals surface area contributed by atoms with E-state index in [1.807, 2.05) is 11.3 Å². The minimum atomic E-state index is -0.500. The summed E-state index contributed by atoms with van der Waals surface area (Å²) >= 11 is 1.94. The van der Waals surface area contributed by atoms with Gasteiger partial charge in [-0.2, -0.15) is 0 Å². The number of hydrogen-bond acceptors (Lipinski definition) is 2. The van der Waals surface area contributed by atoms with Gasteiger partial charge in [-0.05, 0) is 97.1 Å². The maximum atomic E-state index is 2.66. The van der Waals surface area contributed by atoms with Gasteiger partial charge in [0.15, 0.2) is 0 Å². The smallest absolute Gasteiger partial charge is 0.0719 e. The zero-order chi connectivity index (χ0) is 43.1. The minimum absolute atomic E-state index is 0.00805. The van der Waals surface area contributed by atoms with E-state index in [0.717, 1.165) is 0 Å². The fraction of sp³-hybridized carbons (Fsp3) is 0.0794. The van der Waals surface area contributed by atoms with Gasteiger partial charge >= 0.3 is 0 Å². The molecule has 0 amide bonds. The van der Waals surface area contributed by atoms with Crippen LogP contribution in [0, 0.1) is 0 Å². The van der Waals surface area contributed by atoms with Crippen molar-refractivity contribution < 1.29 is 0 Å². The van der Waals surface area contributed by atoms with E-state index in [1.54, 1.807) is 0 Å². The Balaban J connectivity index is 1.06. The molecule has 0 spiro atoms. The lowest BCUT2D eigenvalue weighted by atomic mass is 9.66. The largest absolute Gasteiger partial charge is 0.333 e. The first-order chi connectivity index (χ1) is 32.2. The molecule has 13 rings (SSSR count). The molecule has 2 heteroatoms. The first-order valence-corrected chi connectivity index (χ1v) is 23.7. The van der Waals surface area contributed by atoms with Gasteiger partial charge in [-0.25, -0.2) is 0 Å². The van der Waals surface area contributed by atoms with Crippen LogP contribution in [-0.4, -0.2) is 6.04 Å². The van der Waals surface area contributed by atoms with Crippen LogP contribution in [0.25, 0.3) is 38.4 Å². The maximum Gasteiger partial charge on any atom is 0.0719 e. The molecule has 0 aliphatic heterocycles. The number of rotatable bonds is 7. The molecule has 0 N–H and O–H groups in total. The standard InChI is InChI=1S/C63H45NS/c1-42-55(40-41-58-59(42)61-54(37-21-39-57(61)65-58)63(45-26-10-4-11-27-45)50-33-17-14-30-47(50)48-31-15-18-34-51(48)63)64(46-28-12-5-13-29-46)56-38-20-36-53-60(56)49-32-16-19-35-52(49)62(53,43-22-6-2-7-23-43)44-24-8-3-9-25-44/h2-42,55H,1H3. The quantitative estimate of drug-likeness (QED) is 0.154. The molecular weight excluding hydrogens is 803 g/mol. The van der Waals surface area contributed by atoms with E-state index in [4.69, 9.17) is 0 Å². The van der Waals surface area contributed by atoms with E-state index in [-0.39, 0.29) is 12.0 Å². The van der Waals surface area contributed by atoms with Crippen LogP contribution < -0.4 is 4.90 Å². The Hall–Kier alpha value is -7.52. The molecule has 1 aromatic heterocycles. The molecule has 1 heterocycles. The summed E-state index contributed by atoms with van der Waals surface area (Å²) in [6.45, 7) is 2.48. The Bertz CT molecular complexity index is 3370. The van der Waals surface area contributed by atoms with Crippen molar-refractivity contribution in [3.05, 3.63) is 292 Å². The highest BCUT2D eigenvalue weighted by Crippen LogP contribution is 2.61. The van der Waals surface area contributed by atoms with Gasteiger partial charge in [-0.1, -0.05) is 219 Å². The number of benzene rings is 9. The lowest BCUT2D eigenvalue weighted by molar-refractivity contribution is 0.645. The second-order valence-electron chi connectivity index (χ2n) is 17.8. The number of fused-ring (bicyclic) bond motifs is 9. The highest BCUT2D eigenvalue weighted by molar-refractivity contribution is 7.20. The van der Waals surface area contributed by atoms with Crippen molar-refractivity contribution in [2.24, 2.45) is 0 Å². The molecule has 3 aliphatic carbocycles. The number of nitrogens with zero attached hydrogens (tertiary/aromatic N) is 1. The van der Waals surface area contributed by atoms with Crippen molar-refractivity contribution in [1.29, 1.82) is 0 Å². The zero-order valence-corrected chi connectivity index (χ0v) is 36.9. The van der Waals surface area contributed by atoms with Gasteiger partial charge in [-0.3, -0.25) is 0 Å². The fourth-order valence-electron chi connectivity index (χ4n) is 12.3. The van der Waals surface area contributed by atoms with Crippen molar-refractivity contribution in [3.63, 3.8) is 0 Å². The highest BCUT2D eigenvalue weighted by Gasteiger charge is 2.50. The normalized spacial score (nSPS) is 16.9. The fourth-order valence-corrected chi connectivity index (χ4v) is 13.6. The second kappa shape index (κ2) is 14.8. The van der Waals surface area contributed by atoms with E-state index >= 15 is 0 Å². The average Bonchev–Trinajstić information content (AvgIpc) is 4.02. The summed E-state index contributed by atoms with van der Waals surface area (Å²) in [6.07, 6.45) is 4.93. The third kappa shape index (κ3) is 5.26. The topological polar surface area (TPSA) is 3.24 Å². The summed E-state index contributed by atoms with van der Waals surface area (Å²) in [5.74, 6) is 0.130. The molecule has 308 valence electrons. The molecule has 1 nitrogen and oxygen atoms in total. The Labute approximate surface area is 385 Å². The van der Waals surface area contributed by atoms with Crippen molar-refractivity contribution >= 4 is 38.9 Å². The molecule has 0 radical (unpaired) electrons. The van der Waals surface area contributed by atoms with Crippen molar-refractivity contribution in [1.82, 2.24) is 0 Å². The lowest BCUT2D eigenvalue weighted by Crippen LogP contribution is -2.36. The number of para-hydroxylation sites is 1. The van der Waals surface area contributed by atoms with Gasteiger partial charge < -0.3 is 4.90 Å². The molecule has 2 unspecified atom stereocenters. The average molecular weight is 848 g/mol. The Morgan fingerprint density at radius 1 is 0.415 bits per heavy atom. The van der Waals surface area contributed by atoms with E-state index in [2.05, 4.69) is 254 Å². The third-order valence-corrected chi connectivity index (χ3v) is 15.9. The van der Waals surface area contributed by atoms with Gasteiger partial charge in [0.1, 0.15) is 0 Å². The first kappa shape index (κ1) is 38.0. The molecule has 0 saturated carbocycles. The molecule has 9 aromatic carbocycles. The molecule has 10 aromatic rings. The van der Waals surface area contributed by atoms with Crippen LogP contribution in [0.2, 0.25) is 0 Å². The molecule has 0 saturated heterocycles. The van der Waals surface area contributed by atoms with Gasteiger partial charge in [0.25, 0.3) is 0 Å². The highest BCUT2D eigenvalue weighted by atomic mass is 32.1. The second-order valence-corrected chi connectivity index (χ2v) is 18.9. The summed E-state index contributed by atoms with van der Waals surface area (Å²) in [7, 11) is 0.